The van der Waals surface area contributed by atoms with Crippen LogP contribution in [0.4, 0.5) is 4.39 Å². The van der Waals surface area contributed by atoms with Crippen LogP contribution in [0.15, 0.2) is 78.9 Å². The Morgan fingerprint density at radius 2 is 1.05 bits per heavy atom. The molecule has 0 unspecified atom stereocenters. The summed E-state index contributed by atoms with van der Waals surface area (Å²) >= 11 is 0. The minimum Gasteiger partial charge on any atom is -0.493 e. The van der Waals surface area contributed by atoms with E-state index in [0.29, 0.717) is 11.5 Å². The van der Waals surface area contributed by atoms with Crippen molar-refractivity contribution in [3.05, 3.63) is 90.3 Å². The van der Waals surface area contributed by atoms with Gasteiger partial charge in [-0.05, 0) is 92.8 Å². The van der Waals surface area contributed by atoms with Crippen molar-refractivity contribution in [2.24, 2.45) is 11.3 Å². The van der Waals surface area contributed by atoms with Crippen LogP contribution in [0.5, 0.6) is 17.2 Å². The second-order valence-corrected chi connectivity index (χ2v) is 17.9. The Morgan fingerprint density at radius 3 is 1.53 bits per heavy atom. The molecule has 20 heteroatoms. The van der Waals surface area contributed by atoms with E-state index in [9.17, 15) is 38.4 Å². The largest absolute Gasteiger partial charge is 0.493 e. The number of carbonyl (C=O) groups excluding carboxylic acids is 8. The van der Waals surface area contributed by atoms with Crippen molar-refractivity contribution >= 4 is 47.8 Å². The van der Waals surface area contributed by atoms with Gasteiger partial charge in [0.05, 0.1) is 20.3 Å². The Balaban J connectivity index is 1.74. The predicted octanol–water partition coefficient (Wildman–Crippen LogP) is 7.52. The molecule has 1 fully saturated rings. The number of esters is 8. The molecule has 0 N–H and O–H groups in total. The SMILES string of the molecule is C=C(C)C(=O)Oc1cc(-c2ccc(C3CCC(CCCCC)CC3)cc2F)c(OC(=O)C(=C)C)cc1-c1ccc(OCC(COC(=O)C(=O)OC)(COC(=O)C(=O)OCCOC)COC(=O)C(=O)OCCOC)cc1. The summed E-state index contributed by atoms with van der Waals surface area (Å²) < 4.78 is 73.3. The summed E-state index contributed by atoms with van der Waals surface area (Å²) in [6, 6.07) is 13.6. The highest BCUT2D eigenvalue weighted by atomic mass is 19.1. The van der Waals surface area contributed by atoms with Gasteiger partial charge in [0.1, 0.15) is 68.1 Å². The molecule has 1 saturated carbocycles. The lowest BCUT2D eigenvalue weighted by molar-refractivity contribution is -0.181. The molecular weight excluding hydrogens is 984 g/mol. The summed E-state index contributed by atoms with van der Waals surface area (Å²) in [6.07, 6.45) is 8.81. The van der Waals surface area contributed by atoms with Crippen LogP contribution in [0.25, 0.3) is 22.3 Å². The molecule has 1 aliphatic carbocycles. The van der Waals surface area contributed by atoms with Gasteiger partial charge in [0.25, 0.3) is 0 Å². The standard InChI is InChI=1S/C55H65FO19/c1-9-10-11-12-36-13-15-37(16-14-36)39-19-22-41(44(56)27-39)43-29-45(74-47(57)34(2)3)42(28-46(43)75-48(58)35(4)5)38-17-20-40(21-18-38)70-30-55(31-71-50(60)49(59)67-8,32-72-53(63)51(61)68-25-23-65-6)33-73-54(64)52(62)69-26-24-66-7/h17-22,27-29,36-37H,2,4,9-16,23-26,30-33H2,1,3,5-8H3. The normalized spacial score (nSPS) is 14.1. The number of rotatable bonds is 26. The van der Waals surface area contributed by atoms with Gasteiger partial charge in [-0.1, -0.05) is 70.0 Å². The monoisotopic (exact) mass is 1050 g/mol. The topological polar surface area (TPSA) is 238 Å². The Hall–Kier alpha value is -7.45. The molecule has 0 radical (unpaired) electrons. The van der Waals surface area contributed by atoms with Crippen molar-refractivity contribution in [2.45, 2.75) is 78.1 Å². The zero-order valence-corrected chi connectivity index (χ0v) is 43.2. The number of benzene rings is 3. The molecule has 0 atom stereocenters. The van der Waals surface area contributed by atoms with E-state index in [4.69, 9.17) is 47.4 Å². The third-order valence-corrected chi connectivity index (χ3v) is 12.0. The Bertz CT molecular complexity index is 2490. The number of unbranched alkanes of at least 4 members (excludes halogenated alkanes) is 2. The quantitative estimate of drug-likeness (QED) is 0.0189. The van der Waals surface area contributed by atoms with Gasteiger partial charge in [-0.3, -0.25) is 0 Å². The smallest absolute Gasteiger partial charge is 0.417 e. The molecule has 0 amide bonds. The van der Waals surface area contributed by atoms with Crippen LogP contribution in [0.3, 0.4) is 0 Å². The van der Waals surface area contributed by atoms with Crippen LogP contribution in [0.1, 0.15) is 83.6 Å². The van der Waals surface area contributed by atoms with Gasteiger partial charge >= 0.3 is 47.8 Å². The third kappa shape index (κ3) is 18.5. The Morgan fingerprint density at radius 1 is 0.560 bits per heavy atom. The minimum absolute atomic E-state index is 0.0442. The van der Waals surface area contributed by atoms with E-state index in [1.54, 1.807) is 6.07 Å². The van der Waals surface area contributed by atoms with Gasteiger partial charge in [0.2, 0.25) is 0 Å². The molecule has 19 nitrogen and oxygen atoms in total. The summed E-state index contributed by atoms with van der Waals surface area (Å²) in [7, 11) is 3.57. The molecule has 0 saturated heterocycles. The van der Waals surface area contributed by atoms with E-state index < -0.39 is 85.4 Å². The van der Waals surface area contributed by atoms with Gasteiger partial charge in [-0.2, -0.15) is 0 Å². The molecule has 1 aliphatic rings. The van der Waals surface area contributed by atoms with Crippen LogP contribution in [0, 0.1) is 17.2 Å². The first-order valence-electron chi connectivity index (χ1n) is 24.2. The molecule has 0 aliphatic heterocycles. The molecule has 3 aromatic rings. The van der Waals surface area contributed by atoms with Gasteiger partial charge in [-0.15, -0.1) is 0 Å². The van der Waals surface area contributed by atoms with Gasteiger partial charge in [-0.25, -0.2) is 42.7 Å². The maximum Gasteiger partial charge on any atom is 0.417 e. The van der Waals surface area contributed by atoms with E-state index in [1.165, 1.54) is 96.2 Å². The highest BCUT2D eigenvalue weighted by molar-refractivity contribution is 6.30. The van der Waals surface area contributed by atoms with Crippen molar-refractivity contribution in [2.75, 3.05) is 74.2 Å². The van der Waals surface area contributed by atoms with Gasteiger partial charge in [0, 0.05) is 42.1 Å². The van der Waals surface area contributed by atoms with Crippen molar-refractivity contribution < 1.29 is 94.9 Å². The van der Waals surface area contributed by atoms with Gasteiger partial charge in [0.15, 0.2) is 0 Å². The summed E-state index contributed by atoms with van der Waals surface area (Å²) in [5, 5.41) is 0. The second kappa shape index (κ2) is 30.0. The number of hydrogen-bond donors (Lipinski definition) is 0. The second-order valence-electron chi connectivity index (χ2n) is 17.9. The summed E-state index contributed by atoms with van der Waals surface area (Å²) in [5.74, 6) is -10.4. The van der Waals surface area contributed by atoms with Crippen molar-refractivity contribution in [1.29, 1.82) is 0 Å². The van der Waals surface area contributed by atoms with Crippen LogP contribution in [0.2, 0.25) is 0 Å². The van der Waals surface area contributed by atoms with E-state index in [-0.39, 0.29) is 77.4 Å². The Labute approximate surface area is 434 Å². The highest BCUT2D eigenvalue weighted by Gasteiger charge is 2.40. The van der Waals surface area contributed by atoms with Gasteiger partial charge < -0.3 is 52.1 Å². The van der Waals surface area contributed by atoms with Crippen molar-refractivity contribution in [3.63, 3.8) is 0 Å². The summed E-state index contributed by atoms with van der Waals surface area (Å²) in [4.78, 5) is 101. The molecule has 0 bridgehead atoms. The zero-order chi connectivity index (χ0) is 55.1. The first-order chi connectivity index (χ1) is 35.8. The van der Waals surface area contributed by atoms with Crippen molar-refractivity contribution in [3.8, 4) is 39.5 Å². The molecular formula is C55H65FO19. The van der Waals surface area contributed by atoms with E-state index in [2.05, 4.69) is 24.8 Å². The van der Waals surface area contributed by atoms with Crippen LogP contribution < -0.4 is 14.2 Å². The van der Waals surface area contributed by atoms with E-state index in [1.807, 2.05) is 6.07 Å². The lowest BCUT2D eigenvalue weighted by atomic mass is 9.77. The van der Waals surface area contributed by atoms with E-state index >= 15 is 4.39 Å². The fraction of sp³-hybridized carbons (Fsp3) is 0.455. The summed E-state index contributed by atoms with van der Waals surface area (Å²) in [5.41, 5.74) is -0.330. The molecule has 0 heterocycles. The molecule has 75 heavy (non-hydrogen) atoms. The number of halogens is 1. The first kappa shape index (κ1) is 60.1. The third-order valence-electron chi connectivity index (χ3n) is 12.0. The Kier molecular flexibility index (Phi) is 24.1. The number of hydrogen-bond acceptors (Lipinski definition) is 19. The fourth-order valence-electron chi connectivity index (χ4n) is 7.70. The van der Waals surface area contributed by atoms with Crippen LogP contribution in [-0.4, -0.2) is 122 Å². The number of ether oxygens (including phenoxy) is 11. The maximum atomic E-state index is 16.5. The fourth-order valence-corrected chi connectivity index (χ4v) is 7.70. The molecule has 3 aromatic carbocycles. The predicted molar refractivity (Wildman–Crippen MR) is 266 cm³/mol. The summed E-state index contributed by atoms with van der Waals surface area (Å²) in [6.45, 7) is 8.30. The average Bonchev–Trinajstić information content (AvgIpc) is 3.40. The molecule has 406 valence electrons. The van der Waals surface area contributed by atoms with Crippen molar-refractivity contribution in [1.82, 2.24) is 0 Å². The average molecular weight is 1050 g/mol. The minimum atomic E-state index is -1.98. The maximum absolute atomic E-state index is 16.5. The number of carbonyl (C=O) groups is 8. The molecule has 4 rings (SSSR count). The molecule has 0 aromatic heterocycles. The molecule has 0 spiro atoms. The lowest BCUT2D eigenvalue weighted by Gasteiger charge is -2.31. The van der Waals surface area contributed by atoms with E-state index in [0.717, 1.165) is 38.4 Å². The first-order valence-corrected chi connectivity index (χ1v) is 24.2. The van der Waals surface area contributed by atoms with Crippen LogP contribution >= 0.6 is 0 Å². The number of methoxy groups -OCH3 is 3. The lowest BCUT2D eigenvalue weighted by Crippen LogP contribution is -2.46. The zero-order valence-electron chi connectivity index (χ0n) is 43.2. The van der Waals surface area contributed by atoms with Crippen LogP contribution in [-0.2, 0) is 76.3 Å². The highest BCUT2D eigenvalue weighted by Crippen LogP contribution is 2.44.